The lowest BCUT2D eigenvalue weighted by atomic mass is 10.2. The number of benzene rings is 2. The van der Waals surface area contributed by atoms with Crippen LogP contribution in [0.1, 0.15) is 16.2 Å². The molecule has 0 radical (unpaired) electrons. The molecule has 2 aromatic carbocycles. The molecule has 0 spiro atoms. The van der Waals surface area contributed by atoms with E-state index >= 15 is 0 Å². The van der Waals surface area contributed by atoms with Gasteiger partial charge < -0.3 is 5.32 Å². The van der Waals surface area contributed by atoms with Crippen molar-refractivity contribution >= 4 is 17.7 Å². The van der Waals surface area contributed by atoms with Crippen molar-refractivity contribution in [2.24, 2.45) is 0 Å². The fourth-order valence-electron chi connectivity index (χ4n) is 2.19. The topological polar surface area (TPSA) is 72.7 Å². The monoisotopic (exact) mass is 343 g/mol. The summed E-state index contributed by atoms with van der Waals surface area (Å²) in [6, 6.07) is 13.2. The molecular formula is C16H14FN5OS. The number of nitrogens with zero attached hydrogens (tertiary/aromatic N) is 4. The molecule has 3 aromatic rings. The lowest BCUT2D eigenvalue weighted by Crippen LogP contribution is -2.25. The van der Waals surface area contributed by atoms with Gasteiger partial charge in [0.05, 0.1) is 17.8 Å². The predicted octanol–water partition coefficient (Wildman–Crippen LogP) is 2.45. The maximum absolute atomic E-state index is 13.0. The zero-order valence-corrected chi connectivity index (χ0v) is 13.6. The van der Waals surface area contributed by atoms with Crippen molar-refractivity contribution in [3.63, 3.8) is 0 Å². The average Bonchev–Trinajstić information content (AvgIpc) is 3.08. The molecule has 0 bridgehead atoms. The number of hydrogen-bond acceptors (Lipinski definition) is 5. The Bertz CT molecular complexity index is 850. The molecule has 8 heteroatoms. The minimum Gasteiger partial charge on any atom is -0.345 e. The number of hydrogen-bond donors (Lipinski definition) is 1. The van der Waals surface area contributed by atoms with E-state index in [1.54, 1.807) is 18.2 Å². The number of rotatable bonds is 5. The van der Waals surface area contributed by atoms with E-state index in [0.717, 1.165) is 4.90 Å². The molecule has 1 heterocycles. The Morgan fingerprint density at radius 3 is 2.71 bits per heavy atom. The fraction of sp³-hybridized carbons (Fsp3) is 0.125. The van der Waals surface area contributed by atoms with E-state index in [9.17, 15) is 9.18 Å². The van der Waals surface area contributed by atoms with Crippen LogP contribution in [-0.2, 0) is 6.54 Å². The number of thioether (sulfide) groups is 1. The summed E-state index contributed by atoms with van der Waals surface area (Å²) < 4.78 is 14.5. The summed E-state index contributed by atoms with van der Waals surface area (Å²) in [6.45, 7) is 0.159. The van der Waals surface area contributed by atoms with Gasteiger partial charge in [-0.05, 0) is 53.1 Å². The molecule has 1 amide bonds. The first-order chi connectivity index (χ1) is 11.7. The van der Waals surface area contributed by atoms with Crippen molar-refractivity contribution in [3.05, 3.63) is 65.7 Å². The molecule has 0 saturated heterocycles. The van der Waals surface area contributed by atoms with Gasteiger partial charge in [0.2, 0.25) is 0 Å². The molecule has 0 aliphatic heterocycles. The first-order valence-electron chi connectivity index (χ1n) is 7.13. The number of aromatic nitrogens is 4. The highest BCUT2D eigenvalue weighted by molar-refractivity contribution is 7.98. The SMILES string of the molecule is CSc1ccccc1C(=O)NCc1nnnn1-c1ccc(F)cc1. The minimum atomic E-state index is -0.338. The first kappa shape index (κ1) is 16.1. The number of carbonyl (C=O) groups excluding carboxylic acids is 1. The van der Waals surface area contributed by atoms with Crippen molar-refractivity contribution in [1.29, 1.82) is 0 Å². The third-order valence-corrected chi connectivity index (χ3v) is 4.16. The third-order valence-electron chi connectivity index (χ3n) is 3.36. The molecule has 6 nitrogen and oxygen atoms in total. The highest BCUT2D eigenvalue weighted by Gasteiger charge is 2.13. The van der Waals surface area contributed by atoms with Crippen molar-refractivity contribution in [2.45, 2.75) is 11.4 Å². The standard InChI is InChI=1S/C16H14FN5OS/c1-24-14-5-3-2-4-13(14)16(23)18-10-15-19-20-21-22(15)12-8-6-11(17)7-9-12/h2-9H,10H2,1H3,(H,18,23). The Hall–Kier alpha value is -2.74. The third kappa shape index (κ3) is 3.43. The van der Waals surface area contributed by atoms with E-state index in [1.807, 2.05) is 24.5 Å². The number of halogens is 1. The second kappa shape index (κ2) is 7.22. The van der Waals surface area contributed by atoms with Crippen molar-refractivity contribution < 1.29 is 9.18 Å². The number of tetrazole rings is 1. The summed E-state index contributed by atoms with van der Waals surface area (Å²) in [5.74, 6) is -0.0828. The van der Waals surface area contributed by atoms with E-state index < -0.39 is 0 Å². The number of carbonyl (C=O) groups is 1. The maximum atomic E-state index is 13.0. The smallest absolute Gasteiger partial charge is 0.252 e. The Kier molecular flexibility index (Phi) is 4.85. The molecule has 0 aliphatic carbocycles. The van der Waals surface area contributed by atoms with Crippen LogP contribution < -0.4 is 5.32 Å². The zero-order chi connectivity index (χ0) is 16.9. The predicted molar refractivity (Wildman–Crippen MR) is 88.5 cm³/mol. The Morgan fingerprint density at radius 1 is 1.21 bits per heavy atom. The number of amides is 1. The lowest BCUT2D eigenvalue weighted by molar-refractivity contribution is 0.0946. The van der Waals surface area contributed by atoms with Crippen LogP contribution in [0, 0.1) is 5.82 Å². The summed E-state index contributed by atoms with van der Waals surface area (Å²) in [7, 11) is 0. The van der Waals surface area contributed by atoms with E-state index in [1.165, 1.54) is 28.6 Å². The molecule has 24 heavy (non-hydrogen) atoms. The molecule has 0 aliphatic rings. The van der Waals surface area contributed by atoms with Crippen LogP contribution in [0.15, 0.2) is 53.4 Å². The second-order valence-corrected chi connectivity index (χ2v) is 5.71. The van der Waals surface area contributed by atoms with Crippen LogP contribution in [0.2, 0.25) is 0 Å². The highest BCUT2D eigenvalue weighted by atomic mass is 32.2. The van der Waals surface area contributed by atoms with Gasteiger partial charge in [-0.1, -0.05) is 12.1 Å². The van der Waals surface area contributed by atoms with Gasteiger partial charge >= 0.3 is 0 Å². The molecule has 1 aromatic heterocycles. The van der Waals surface area contributed by atoms with Crippen LogP contribution >= 0.6 is 11.8 Å². The molecule has 0 fully saturated rings. The van der Waals surface area contributed by atoms with Gasteiger partial charge in [-0.2, -0.15) is 4.68 Å². The second-order valence-electron chi connectivity index (χ2n) is 4.87. The van der Waals surface area contributed by atoms with E-state index in [-0.39, 0.29) is 18.3 Å². The summed E-state index contributed by atoms with van der Waals surface area (Å²) in [5.41, 5.74) is 1.22. The van der Waals surface area contributed by atoms with Gasteiger partial charge in [0.15, 0.2) is 5.82 Å². The van der Waals surface area contributed by atoms with E-state index in [0.29, 0.717) is 17.1 Å². The van der Waals surface area contributed by atoms with Crippen LogP contribution in [0.4, 0.5) is 4.39 Å². The van der Waals surface area contributed by atoms with Gasteiger partial charge in [0, 0.05) is 4.90 Å². The van der Waals surface area contributed by atoms with Crippen LogP contribution in [0.25, 0.3) is 5.69 Å². The maximum Gasteiger partial charge on any atom is 0.252 e. The molecule has 3 rings (SSSR count). The molecule has 122 valence electrons. The van der Waals surface area contributed by atoms with Crippen molar-refractivity contribution in [2.75, 3.05) is 6.26 Å². The van der Waals surface area contributed by atoms with Gasteiger partial charge in [0.1, 0.15) is 5.82 Å². The normalized spacial score (nSPS) is 10.6. The first-order valence-corrected chi connectivity index (χ1v) is 8.36. The molecule has 0 saturated carbocycles. The quantitative estimate of drug-likeness (QED) is 0.721. The summed E-state index contributed by atoms with van der Waals surface area (Å²) in [4.78, 5) is 13.3. The van der Waals surface area contributed by atoms with Gasteiger partial charge in [-0.15, -0.1) is 16.9 Å². The molecule has 0 unspecified atom stereocenters. The Balaban J connectivity index is 1.75. The number of nitrogens with one attached hydrogen (secondary N) is 1. The lowest BCUT2D eigenvalue weighted by Gasteiger charge is -2.08. The van der Waals surface area contributed by atoms with Gasteiger partial charge in [-0.3, -0.25) is 4.79 Å². The summed E-state index contributed by atoms with van der Waals surface area (Å²) in [5, 5.41) is 14.2. The Labute approximate surface area is 142 Å². The molecule has 0 atom stereocenters. The average molecular weight is 343 g/mol. The molecular weight excluding hydrogens is 329 g/mol. The minimum absolute atomic E-state index is 0.159. The highest BCUT2D eigenvalue weighted by Crippen LogP contribution is 2.19. The molecule has 1 N–H and O–H groups in total. The van der Waals surface area contributed by atoms with E-state index in [4.69, 9.17) is 0 Å². The summed E-state index contributed by atoms with van der Waals surface area (Å²) in [6.07, 6.45) is 1.92. The van der Waals surface area contributed by atoms with Crippen molar-refractivity contribution in [3.8, 4) is 5.69 Å². The van der Waals surface area contributed by atoms with Gasteiger partial charge in [-0.25, -0.2) is 4.39 Å². The van der Waals surface area contributed by atoms with Crippen molar-refractivity contribution in [1.82, 2.24) is 25.5 Å². The van der Waals surface area contributed by atoms with Crippen LogP contribution in [0.5, 0.6) is 0 Å². The van der Waals surface area contributed by atoms with Crippen LogP contribution in [-0.4, -0.2) is 32.4 Å². The fourth-order valence-corrected chi connectivity index (χ4v) is 2.78. The summed E-state index contributed by atoms with van der Waals surface area (Å²) >= 11 is 1.51. The van der Waals surface area contributed by atoms with Gasteiger partial charge in [0.25, 0.3) is 5.91 Å². The Morgan fingerprint density at radius 2 is 1.96 bits per heavy atom. The van der Waals surface area contributed by atoms with Crippen LogP contribution in [0.3, 0.4) is 0 Å². The zero-order valence-electron chi connectivity index (χ0n) is 12.8. The van der Waals surface area contributed by atoms with E-state index in [2.05, 4.69) is 20.8 Å². The largest absolute Gasteiger partial charge is 0.345 e.